The van der Waals surface area contributed by atoms with Gasteiger partial charge in [-0.25, -0.2) is 8.42 Å². The first kappa shape index (κ1) is 23.3. The number of ether oxygens (including phenoxy) is 1. The fourth-order valence-electron chi connectivity index (χ4n) is 3.53. The van der Waals surface area contributed by atoms with Gasteiger partial charge >= 0.3 is 0 Å². The number of nitrogens with zero attached hydrogens (tertiary/aromatic N) is 1. The van der Waals surface area contributed by atoms with E-state index in [0.29, 0.717) is 22.7 Å². The molecule has 0 saturated heterocycles. The second-order valence-electron chi connectivity index (χ2n) is 7.90. The lowest BCUT2D eigenvalue weighted by Gasteiger charge is -2.22. The monoisotopic (exact) mass is 452 g/mol. The Hall–Kier alpha value is -3.32. The summed E-state index contributed by atoms with van der Waals surface area (Å²) in [6.45, 7) is 6.37. The van der Waals surface area contributed by atoms with E-state index >= 15 is 0 Å². The van der Waals surface area contributed by atoms with Gasteiger partial charge in [-0.3, -0.25) is 9.10 Å². The van der Waals surface area contributed by atoms with E-state index in [1.54, 1.807) is 42.5 Å². The van der Waals surface area contributed by atoms with E-state index in [0.717, 1.165) is 22.9 Å². The number of carbonyl (C=O) groups excluding carboxylic acids is 1. The molecule has 6 nitrogen and oxygen atoms in total. The van der Waals surface area contributed by atoms with Crippen molar-refractivity contribution >= 4 is 27.3 Å². The molecule has 1 amide bonds. The Morgan fingerprint density at radius 3 is 2.19 bits per heavy atom. The van der Waals surface area contributed by atoms with Crippen molar-refractivity contribution in [2.75, 3.05) is 22.9 Å². The minimum absolute atomic E-state index is 0.258. The number of carbonyl (C=O) groups is 1. The minimum Gasteiger partial charge on any atom is -0.487 e. The molecule has 3 aromatic rings. The molecule has 0 unspecified atom stereocenters. The van der Waals surface area contributed by atoms with Crippen LogP contribution in [0, 0.1) is 20.8 Å². The third-order valence-corrected chi connectivity index (χ3v) is 6.49. The van der Waals surface area contributed by atoms with Gasteiger partial charge in [0.15, 0.2) is 0 Å². The minimum atomic E-state index is -3.50. The third kappa shape index (κ3) is 5.48. The van der Waals surface area contributed by atoms with E-state index in [2.05, 4.69) is 17.4 Å². The van der Waals surface area contributed by atoms with E-state index in [1.165, 1.54) is 16.9 Å². The van der Waals surface area contributed by atoms with Crippen LogP contribution in [-0.4, -0.2) is 27.6 Å². The van der Waals surface area contributed by atoms with E-state index in [1.807, 2.05) is 26.8 Å². The van der Waals surface area contributed by atoms with E-state index in [4.69, 9.17) is 4.74 Å². The number of aryl methyl sites for hydroxylation is 3. The second kappa shape index (κ2) is 9.44. The second-order valence-corrected chi connectivity index (χ2v) is 9.91. The summed E-state index contributed by atoms with van der Waals surface area (Å²) in [5.74, 6) is 0.106. The maximum atomic E-state index is 12.5. The number of sulfonamides is 1. The summed E-state index contributed by atoms with van der Waals surface area (Å²) >= 11 is 0. The Kier molecular flexibility index (Phi) is 6.89. The molecule has 0 bridgehead atoms. The molecule has 3 rings (SSSR count). The van der Waals surface area contributed by atoms with Crippen LogP contribution in [0.15, 0.2) is 60.7 Å². The van der Waals surface area contributed by atoms with Gasteiger partial charge in [-0.2, -0.15) is 0 Å². The molecule has 0 aliphatic heterocycles. The van der Waals surface area contributed by atoms with Crippen LogP contribution < -0.4 is 14.4 Å². The van der Waals surface area contributed by atoms with Crippen molar-refractivity contribution in [2.45, 2.75) is 27.4 Å². The molecule has 0 radical (unpaired) electrons. The topological polar surface area (TPSA) is 75.7 Å². The highest BCUT2D eigenvalue weighted by Gasteiger charge is 2.19. The molecule has 168 valence electrons. The highest BCUT2D eigenvalue weighted by Crippen LogP contribution is 2.33. The molecular formula is C25H28N2O4S. The Morgan fingerprint density at radius 1 is 0.969 bits per heavy atom. The molecule has 0 heterocycles. The summed E-state index contributed by atoms with van der Waals surface area (Å²) in [5, 5.41) is 2.85. The van der Waals surface area contributed by atoms with Crippen LogP contribution in [0.1, 0.15) is 32.6 Å². The first-order chi connectivity index (χ1) is 15.1. The predicted molar refractivity (Wildman–Crippen MR) is 129 cm³/mol. The summed E-state index contributed by atoms with van der Waals surface area (Å²) in [6.07, 6.45) is 1.14. The maximum Gasteiger partial charge on any atom is 0.255 e. The smallest absolute Gasteiger partial charge is 0.255 e. The highest BCUT2D eigenvalue weighted by atomic mass is 32.2. The molecule has 7 heteroatoms. The zero-order valence-electron chi connectivity index (χ0n) is 19.0. The predicted octanol–water partition coefficient (Wildman–Crippen LogP) is 4.84. The standard InChI is InChI=1S/C25H28N2O4S/c1-17-13-18(2)22(19(3)14-17)16-31-24-15-21(11-12-23(24)27(4)32(5,29)30)26-25(28)20-9-7-6-8-10-20/h6-15H,16H2,1-5H3,(H,26,28). The number of amides is 1. The number of nitrogens with one attached hydrogen (secondary N) is 1. The van der Waals surface area contributed by atoms with Gasteiger partial charge in [-0.1, -0.05) is 35.9 Å². The Labute approximate surface area is 189 Å². The fourth-order valence-corrected chi connectivity index (χ4v) is 4.03. The number of hydrogen-bond donors (Lipinski definition) is 1. The highest BCUT2D eigenvalue weighted by molar-refractivity contribution is 7.92. The first-order valence-electron chi connectivity index (χ1n) is 10.2. The SMILES string of the molecule is Cc1cc(C)c(COc2cc(NC(=O)c3ccccc3)ccc2N(C)S(C)(=O)=O)c(C)c1. The zero-order valence-corrected chi connectivity index (χ0v) is 19.8. The summed E-state index contributed by atoms with van der Waals surface area (Å²) < 4.78 is 31.6. The van der Waals surface area contributed by atoms with Crippen molar-refractivity contribution in [1.29, 1.82) is 0 Å². The van der Waals surface area contributed by atoms with Crippen LogP contribution in [0.4, 0.5) is 11.4 Å². The van der Waals surface area contributed by atoms with Gasteiger partial charge in [0.05, 0.1) is 11.9 Å². The number of hydrogen-bond acceptors (Lipinski definition) is 4. The van der Waals surface area contributed by atoms with Gasteiger partial charge < -0.3 is 10.1 Å². The van der Waals surface area contributed by atoms with Gasteiger partial charge in [-0.15, -0.1) is 0 Å². The van der Waals surface area contributed by atoms with Crippen molar-refractivity contribution in [3.05, 3.63) is 88.5 Å². The Balaban J connectivity index is 1.93. The van der Waals surface area contributed by atoms with Crippen LogP contribution in [0.5, 0.6) is 5.75 Å². The summed E-state index contributed by atoms with van der Waals surface area (Å²) in [4.78, 5) is 12.5. The van der Waals surface area contributed by atoms with E-state index < -0.39 is 10.0 Å². The molecule has 3 aromatic carbocycles. The lowest BCUT2D eigenvalue weighted by Crippen LogP contribution is -2.25. The third-order valence-electron chi connectivity index (χ3n) is 5.30. The molecule has 1 N–H and O–H groups in total. The van der Waals surface area contributed by atoms with Crippen LogP contribution >= 0.6 is 0 Å². The molecule has 0 spiro atoms. The number of benzene rings is 3. The summed E-state index contributed by atoms with van der Waals surface area (Å²) in [7, 11) is -2.02. The van der Waals surface area contributed by atoms with Crippen molar-refractivity contribution in [3.63, 3.8) is 0 Å². The Bertz CT molecular complexity index is 1220. The molecule has 32 heavy (non-hydrogen) atoms. The normalized spacial score (nSPS) is 11.2. The van der Waals surface area contributed by atoms with Crippen molar-refractivity contribution in [3.8, 4) is 5.75 Å². The molecule has 0 aliphatic rings. The van der Waals surface area contributed by atoms with Gasteiger partial charge in [0.1, 0.15) is 12.4 Å². The molecule has 0 atom stereocenters. The number of rotatable bonds is 7. The van der Waals surface area contributed by atoms with E-state index in [9.17, 15) is 13.2 Å². The van der Waals surface area contributed by atoms with Crippen LogP contribution in [-0.2, 0) is 16.6 Å². The molecule has 0 aromatic heterocycles. The van der Waals surface area contributed by atoms with Crippen LogP contribution in [0.25, 0.3) is 0 Å². The molecule has 0 aliphatic carbocycles. The van der Waals surface area contributed by atoms with Gasteiger partial charge in [0, 0.05) is 24.4 Å². The van der Waals surface area contributed by atoms with Crippen LogP contribution in [0.2, 0.25) is 0 Å². The number of anilines is 2. The van der Waals surface area contributed by atoms with Crippen molar-refractivity contribution in [1.82, 2.24) is 0 Å². The largest absolute Gasteiger partial charge is 0.487 e. The van der Waals surface area contributed by atoms with Crippen LogP contribution in [0.3, 0.4) is 0 Å². The Morgan fingerprint density at radius 2 is 1.59 bits per heavy atom. The van der Waals surface area contributed by atoms with Gasteiger partial charge in [-0.05, 0) is 61.7 Å². The fraction of sp³-hybridized carbons (Fsp3) is 0.240. The summed E-state index contributed by atoms with van der Waals surface area (Å²) in [5.41, 5.74) is 5.86. The van der Waals surface area contributed by atoms with Gasteiger partial charge in [0.25, 0.3) is 5.91 Å². The quantitative estimate of drug-likeness (QED) is 0.557. The average Bonchev–Trinajstić information content (AvgIpc) is 2.72. The van der Waals surface area contributed by atoms with Gasteiger partial charge in [0.2, 0.25) is 10.0 Å². The molecule has 0 fully saturated rings. The van der Waals surface area contributed by atoms with E-state index in [-0.39, 0.29) is 12.5 Å². The first-order valence-corrected chi connectivity index (χ1v) is 12.0. The maximum absolute atomic E-state index is 12.5. The average molecular weight is 453 g/mol. The van der Waals surface area contributed by atoms with Crippen molar-refractivity contribution in [2.24, 2.45) is 0 Å². The lowest BCUT2D eigenvalue weighted by atomic mass is 10.0. The van der Waals surface area contributed by atoms with Crippen molar-refractivity contribution < 1.29 is 17.9 Å². The lowest BCUT2D eigenvalue weighted by molar-refractivity contribution is 0.102. The molecular weight excluding hydrogens is 424 g/mol. The zero-order chi connectivity index (χ0) is 23.5. The molecule has 0 saturated carbocycles. The summed E-state index contributed by atoms with van der Waals surface area (Å²) in [6, 6.07) is 18.0.